The van der Waals surface area contributed by atoms with Crippen molar-refractivity contribution >= 4 is 29.4 Å². The Balaban J connectivity index is 2.22. The Labute approximate surface area is 160 Å². The van der Waals surface area contributed by atoms with Crippen LogP contribution >= 0.6 is 11.8 Å². The van der Waals surface area contributed by atoms with E-state index in [9.17, 15) is 9.59 Å². The zero-order valence-electron chi connectivity index (χ0n) is 16.4. The molecule has 1 aliphatic heterocycles. The van der Waals surface area contributed by atoms with Crippen molar-refractivity contribution in [2.75, 3.05) is 17.7 Å². The van der Waals surface area contributed by atoms with Crippen LogP contribution in [0.15, 0.2) is 18.2 Å². The zero-order chi connectivity index (χ0) is 19.3. The first-order valence-electron chi connectivity index (χ1n) is 9.28. The van der Waals surface area contributed by atoms with Gasteiger partial charge in [-0.15, -0.1) is 11.8 Å². The van der Waals surface area contributed by atoms with Crippen molar-refractivity contribution in [3.63, 3.8) is 0 Å². The number of hydrogen-bond donors (Lipinski definition) is 1. The monoisotopic (exact) mass is 378 g/mol. The average Bonchev–Trinajstić information content (AvgIpc) is 2.99. The Kier molecular flexibility index (Phi) is 7.38. The van der Waals surface area contributed by atoms with Gasteiger partial charge in [-0.25, -0.2) is 9.59 Å². The number of benzene rings is 1. The molecule has 1 heterocycles. The Morgan fingerprint density at radius 3 is 2.54 bits per heavy atom. The fourth-order valence-corrected chi connectivity index (χ4v) is 4.71. The first-order chi connectivity index (χ1) is 12.3. The average molecular weight is 379 g/mol. The molecule has 1 N–H and O–H groups in total. The third-order valence-corrected chi connectivity index (χ3v) is 5.75. The molecule has 2 rings (SSSR count). The molecule has 2 atom stereocenters. The maximum atomic E-state index is 13.1. The summed E-state index contributed by atoms with van der Waals surface area (Å²) in [5.41, 5.74) is 2.84. The van der Waals surface area contributed by atoms with Gasteiger partial charge in [-0.05, 0) is 43.7 Å². The Hall–Kier alpha value is -1.69. The van der Waals surface area contributed by atoms with Gasteiger partial charge in [0.2, 0.25) is 0 Å². The largest absolute Gasteiger partial charge is 0.464 e. The lowest BCUT2D eigenvalue weighted by Crippen LogP contribution is -2.48. The molecule has 144 valence electrons. The Bertz CT molecular complexity index is 628. The van der Waals surface area contributed by atoms with Crippen molar-refractivity contribution in [1.82, 2.24) is 4.90 Å². The summed E-state index contributed by atoms with van der Waals surface area (Å²) in [6, 6.07) is 5.16. The van der Waals surface area contributed by atoms with Gasteiger partial charge in [0.1, 0.15) is 6.04 Å². The van der Waals surface area contributed by atoms with Gasteiger partial charge in [0, 0.05) is 11.4 Å². The smallest absolute Gasteiger partial charge is 0.329 e. The number of nitrogens with zero attached hydrogens (tertiary/aromatic N) is 1. The molecule has 1 aliphatic rings. The summed E-state index contributed by atoms with van der Waals surface area (Å²) in [5, 5.41) is 3.02. The SMILES string of the molecule is CCCOC(=O)C1CSC(CC(C)C)N1C(=O)Nc1c(C)cccc1C. The molecule has 1 saturated heterocycles. The molecule has 0 radical (unpaired) electrons. The van der Waals surface area contributed by atoms with Gasteiger partial charge in [0.05, 0.1) is 12.0 Å². The molecule has 5 nitrogen and oxygen atoms in total. The standard InChI is InChI=1S/C20H30N2O3S/c1-6-10-25-19(23)16-12-26-17(11-13(2)3)22(16)20(24)21-18-14(4)8-7-9-15(18)5/h7-9,13,16-17H,6,10-12H2,1-5H3,(H,21,24). The van der Waals surface area contributed by atoms with Crippen LogP contribution in [0.4, 0.5) is 10.5 Å². The van der Waals surface area contributed by atoms with E-state index in [0.717, 1.165) is 29.7 Å². The Morgan fingerprint density at radius 2 is 1.96 bits per heavy atom. The summed E-state index contributed by atoms with van der Waals surface area (Å²) >= 11 is 1.66. The number of hydrogen-bond acceptors (Lipinski definition) is 4. The van der Waals surface area contributed by atoms with Crippen molar-refractivity contribution in [1.29, 1.82) is 0 Å². The molecule has 6 heteroatoms. The number of para-hydroxylation sites is 1. The number of esters is 1. The number of rotatable bonds is 6. The third kappa shape index (κ3) is 4.93. The van der Waals surface area contributed by atoms with Gasteiger partial charge in [0.15, 0.2) is 0 Å². The van der Waals surface area contributed by atoms with Crippen LogP contribution in [-0.4, -0.2) is 40.7 Å². The molecule has 0 spiro atoms. The molecule has 2 amide bonds. The highest BCUT2D eigenvalue weighted by atomic mass is 32.2. The van der Waals surface area contributed by atoms with Gasteiger partial charge in [-0.3, -0.25) is 4.90 Å². The molecule has 0 aliphatic carbocycles. The lowest BCUT2D eigenvalue weighted by atomic mass is 10.1. The number of carbonyl (C=O) groups is 2. The minimum atomic E-state index is -0.528. The second-order valence-corrected chi connectivity index (χ2v) is 8.42. The van der Waals surface area contributed by atoms with E-state index in [1.165, 1.54) is 0 Å². The molecule has 1 fully saturated rings. The summed E-state index contributed by atoms with van der Waals surface area (Å²) in [6.45, 7) is 10.6. The topological polar surface area (TPSA) is 58.6 Å². The van der Waals surface area contributed by atoms with E-state index in [1.807, 2.05) is 39.0 Å². The van der Waals surface area contributed by atoms with Crippen molar-refractivity contribution in [3.05, 3.63) is 29.3 Å². The minimum absolute atomic E-state index is 0.0153. The summed E-state index contributed by atoms with van der Waals surface area (Å²) < 4.78 is 5.33. The lowest BCUT2D eigenvalue weighted by molar-refractivity contribution is -0.147. The second-order valence-electron chi connectivity index (χ2n) is 7.21. The molecular weight excluding hydrogens is 348 g/mol. The van der Waals surface area contributed by atoms with E-state index in [-0.39, 0.29) is 17.4 Å². The van der Waals surface area contributed by atoms with E-state index in [0.29, 0.717) is 18.3 Å². The van der Waals surface area contributed by atoms with Gasteiger partial charge >= 0.3 is 12.0 Å². The molecule has 26 heavy (non-hydrogen) atoms. The van der Waals surface area contributed by atoms with E-state index in [2.05, 4.69) is 19.2 Å². The summed E-state index contributed by atoms with van der Waals surface area (Å²) in [5.74, 6) is 0.718. The third-order valence-electron chi connectivity index (χ3n) is 4.43. The molecular formula is C20H30N2O3S. The number of anilines is 1. The van der Waals surface area contributed by atoms with Crippen LogP contribution in [0.5, 0.6) is 0 Å². The van der Waals surface area contributed by atoms with Crippen LogP contribution in [0, 0.1) is 19.8 Å². The summed E-state index contributed by atoms with van der Waals surface area (Å²) in [6.07, 6.45) is 1.62. The number of carbonyl (C=O) groups excluding carboxylic acids is 2. The van der Waals surface area contributed by atoms with Crippen LogP contribution in [0.25, 0.3) is 0 Å². The molecule has 1 aromatic carbocycles. The number of thioether (sulfide) groups is 1. The second kappa shape index (κ2) is 9.31. The number of ether oxygens (including phenoxy) is 1. The molecule has 0 saturated carbocycles. The quantitative estimate of drug-likeness (QED) is 0.736. The first-order valence-corrected chi connectivity index (χ1v) is 10.3. The molecule has 1 aromatic rings. The van der Waals surface area contributed by atoms with E-state index < -0.39 is 6.04 Å². The van der Waals surface area contributed by atoms with Crippen molar-refractivity contribution in [3.8, 4) is 0 Å². The highest BCUT2D eigenvalue weighted by Gasteiger charge is 2.42. The maximum absolute atomic E-state index is 13.1. The van der Waals surface area contributed by atoms with Crippen LogP contribution in [-0.2, 0) is 9.53 Å². The van der Waals surface area contributed by atoms with Crippen LogP contribution in [0.2, 0.25) is 0 Å². The lowest BCUT2D eigenvalue weighted by Gasteiger charge is -2.30. The summed E-state index contributed by atoms with van der Waals surface area (Å²) in [7, 11) is 0. The maximum Gasteiger partial charge on any atom is 0.329 e. The highest BCUT2D eigenvalue weighted by molar-refractivity contribution is 8.00. The van der Waals surface area contributed by atoms with Gasteiger partial charge in [-0.1, -0.05) is 39.0 Å². The van der Waals surface area contributed by atoms with E-state index >= 15 is 0 Å². The van der Waals surface area contributed by atoms with Gasteiger partial charge < -0.3 is 10.1 Å². The zero-order valence-corrected chi connectivity index (χ0v) is 17.2. The fourth-order valence-electron chi connectivity index (χ4n) is 3.08. The molecule has 2 unspecified atom stereocenters. The molecule has 0 aromatic heterocycles. The minimum Gasteiger partial charge on any atom is -0.464 e. The predicted octanol–water partition coefficient (Wildman–Crippen LogP) is 4.58. The normalized spacial score (nSPS) is 19.7. The van der Waals surface area contributed by atoms with E-state index in [1.54, 1.807) is 16.7 Å². The van der Waals surface area contributed by atoms with Crippen LogP contribution in [0.1, 0.15) is 44.7 Å². The van der Waals surface area contributed by atoms with Crippen LogP contribution < -0.4 is 5.32 Å². The number of urea groups is 1. The first kappa shape index (κ1) is 20.6. The fraction of sp³-hybridized carbons (Fsp3) is 0.600. The van der Waals surface area contributed by atoms with Crippen molar-refractivity contribution < 1.29 is 14.3 Å². The van der Waals surface area contributed by atoms with Crippen LogP contribution in [0.3, 0.4) is 0 Å². The number of aryl methyl sites for hydroxylation is 2. The van der Waals surface area contributed by atoms with Crippen molar-refractivity contribution in [2.45, 2.75) is 58.9 Å². The summed E-state index contributed by atoms with van der Waals surface area (Å²) in [4.78, 5) is 27.3. The predicted molar refractivity (Wildman–Crippen MR) is 108 cm³/mol. The number of nitrogens with one attached hydrogen (secondary N) is 1. The van der Waals surface area contributed by atoms with Crippen molar-refractivity contribution in [2.24, 2.45) is 5.92 Å². The highest BCUT2D eigenvalue weighted by Crippen LogP contribution is 2.35. The van der Waals surface area contributed by atoms with Gasteiger partial charge in [0.25, 0.3) is 0 Å². The Morgan fingerprint density at radius 1 is 1.31 bits per heavy atom. The van der Waals surface area contributed by atoms with Gasteiger partial charge in [-0.2, -0.15) is 0 Å². The van der Waals surface area contributed by atoms with E-state index in [4.69, 9.17) is 4.74 Å². The number of amides is 2. The molecule has 0 bridgehead atoms.